The van der Waals surface area contributed by atoms with Crippen molar-refractivity contribution in [2.24, 2.45) is 0 Å². The number of ether oxygens (including phenoxy) is 1. The highest BCUT2D eigenvalue weighted by atomic mass is 16.5. The summed E-state index contributed by atoms with van der Waals surface area (Å²) in [5.74, 6) is 0.0201. The van der Waals surface area contributed by atoms with Crippen LogP contribution in [0.4, 0.5) is 11.4 Å². The molecule has 5 nitrogen and oxygen atoms in total. The van der Waals surface area contributed by atoms with Crippen LogP contribution in [0, 0.1) is 0 Å². The van der Waals surface area contributed by atoms with Gasteiger partial charge in [-0.25, -0.2) is 0 Å². The lowest BCUT2D eigenvalue weighted by molar-refractivity contribution is 0.102. The number of nitrogen functional groups attached to an aromatic ring is 1. The summed E-state index contributed by atoms with van der Waals surface area (Å²) in [6, 6.07) is 11.3. The van der Waals surface area contributed by atoms with Crippen LogP contribution in [0.2, 0.25) is 0 Å². The Balaban J connectivity index is 2.17. The summed E-state index contributed by atoms with van der Waals surface area (Å²) in [4.78, 5) is 12.0. The van der Waals surface area contributed by atoms with E-state index in [1.807, 2.05) is 0 Å². The van der Waals surface area contributed by atoms with E-state index in [4.69, 9.17) is 10.5 Å². The van der Waals surface area contributed by atoms with Crippen LogP contribution in [-0.4, -0.2) is 18.1 Å². The SMILES string of the molecule is COc1ccc(NC(=O)c2cccc(N)c2)cc1O. The number of phenols is 1. The van der Waals surface area contributed by atoms with Gasteiger partial charge in [0.1, 0.15) is 0 Å². The molecule has 0 saturated heterocycles. The maximum atomic E-state index is 12.0. The molecule has 2 rings (SSSR count). The summed E-state index contributed by atoms with van der Waals surface area (Å²) in [5.41, 5.74) is 7.07. The molecule has 0 heterocycles. The molecule has 0 saturated carbocycles. The number of benzene rings is 2. The number of phenolic OH excluding ortho intramolecular Hbond substituents is 1. The van der Waals surface area contributed by atoms with E-state index in [0.717, 1.165) is 0 Å². The molecule has 19 heavy (non-hydrogen) atoms. The minimum Gasteiger partial charge on any atom is -0.504 e. The van der Waals surface area contributed by atoms with Gasteiger partial charge >= 0.3 is 0 Å². The Morgan fingerprint density at radius 3 is 2.68 bits per heavy atom. The monoisotopic (exact) mass is 258 g/mol. The van der Waals surface area contributed by atoms with Crippen molar-refractivity contribution in [2.45, 2.75) is 0 Å². The first-order valence-electron chi connectivity index (χ1n) is 5.64. The van der Waals surface area contributed by atoms with Crippen LogP contribution in [0.1, 0.15) is 10.4 Å². The van der Waals surface area contributed by atoms with Gasteiger partial charge in [0, 0.05) is 23.0 Å². The quantitative estimate of drug-likeness (QED) is 0.737. The van der Waals surface area contributed by atoms with Crippen molar-refractivity contribution in [1.82, 2.24) is 0 Å². The fourth-order valence-corrected chi connectivity index (χ4v) is 1.65. The molecule has 0 unspecified atom stereocenters. The normalized spacial score (nSPS) is 9.95. The Morgan fingerprint density at radius 2 is 2.05 bits per heavy atom. The standard InChI is InChI=1S/C14H14N2O3/c1-19-13-6-5-11(8-12(13)17)16-14(18)9-3-2-4-10(15)7-9/h2-8,17H,15H2,1H3,(H,16,18). The van der Waals surface area contributed by atoms with Gasteiger partial charge in [-0.2, -0.15) is 0 Å². The molecule has 0 aliphatic rings. The van der Waals surface area contributed by atoms with E-state index in [1.165, 1.54) is 13.2 Å². The van der Waals surface area contributed by atoms with Gasteiger partial charge in [0.15, 0.2) is 11.5 Å². The highest BCUT2D eigenvalue weighted by Crippen LogP contribution is 2.28. The summed E-state index contributed by atoms with van der Waals surface area (Å²) < 4.78 is 4.93. The van der Waals surface area contributed by atoms with Gasteiger partial charge in [0.05, 0.1) is 7.11 Å². The largest absolute Gasteiger partial charge is 0.504 e. The number of nitrogens with one attached hydrogen (secondary N) is 1. The Labute approximate surface area is 110 Å². The fraction of sp³-hybridized carbons (Fsp3) is 0.0714. The molecule has 2 aromatic rings. The third-order valence-electron chi connectivity index (χ3n) is 2.59. The Morgan fingerprint density at radius 1 is 1.26 bits per heavy atom. The number of aromatic hydroxyl groups is 1. The topological polar surface area (TPSA) is 84.6 Å². The van der Waals surface area contributed by atoms with Crippen molar-refractivity contribution in [3.05, 3.63) is 48.0 Å². The first-order valence-corrected chi connectivity index (χ1v) is 5.64. The summed E-state index contributed by atoms with van der Waals surface area (Å²) in [6.45, 7) is 0. The van der Waals surface area contributed by atoms with Crippen LogP contribution >= 0.6 is 0 Å². The summed E-state index contributed by atoms with van der Waals surface area (Å²) in [6.07, 6.45) is 0. The number of hydrogen-bond acceptors (Lipinski definition) is 4. The van der Waals surface area contributed by atoms with Crippen LogP contribution in [-0.2, 0) is 0 Å². The van der Waals surface area contributed by atoms with Crippen LogP contribution in [0.3, 0.4) is 0 Å². The molecule has 0 aromatic heterocycles. The fourth-order valence-electron chi connectivity index (χ4n) is 1.65. The van der Waals surface area contributed by atoms with Gasteiger partial charge in [0.2, 0.25) is 0 Å². The molecule has 5 heteroatoms. The van der Waals surface area contributed by atoms with E-state index in [0.29, 0.717) is 22.7 Å². The molecule has 0 atom stereocenters. The molecule has 98 valence electrons. The number of methoxy groups -OCH3 is 1. The minimum atomic E-state index is -0.295. The van der Waals surface area contributed by atoms with Crippen molar-refractivity contribution in [1.29, 1.82) is 0 Å². The van der Waals surface area contributed by atoms with Crippen LogP contribution in [0.5, 0.6) is 11.5 Å². The number of carbonyl (C=O) groups excluding carboxylic acids is 1. The number of amides is 1. The minimum absolute atomic E-state index is 0.0344. The lowest BCUT2D eigenvalue weighted by Crippen LogP contribution is -2.12. The zero-order valence-electron chi connectivity index (χ0n) is 10.4. The van der Waals surface area contributed by atoms with Gasteiger partial charge in [-0.1, -0.05) is 6.07 Å². The van der Waals surface area contributed by atoms with Gasteiger partial charge in [-0.05, 0) is 30.3 Å². The van der Waals surface area contributed by atoms with Crippen LogP contribution in [0.15, 0.2) is 42.5 Å². The number of hydrogen-bond donors (Lipinski definition) is 3. The van der Waals surface area contributed by atoms with Crippen molar-refractivity contribution < 1.29 is 14.6 Å². The smallest absolute Gasteiger partial charge is 0.255 e. The zero-order valence-corrected chi connectivity index (χ0v) is 10.4. The Bertz CT molecular complexity index is 611. The number of rotatable bonds is 3. The average molecular weight is 258 g/mol. The van der Waals surface area contributed by atoms with E-state index < -0.39 is 0 Å². The lowest BCUT2D eigenvalue weighted by atomic mass is 10.2. The van der Waals surface area contributed by atoms with Gasteiger partial charge in [-0.3, -0.25) is 4.79 Å². The van der Waals surface area contributed by atoms with E-state index in [2.05, 4.69) is 5.32 Å². The summed E-state index contributed by atoms with van der Waals surface area (Å²) >= 11 is 0. The van der Waals surface area contributed by atoms with Crippen molar-refractivity contribution in [2.75, 3.05) is 18.2 Å². The second-order valence-corrected chi connectivity index (χ2v) is 3.97. The molecule has 0 radical (unpaired) electrons. The van der Waals surface area contributed by atoms with Crippen molar-refractivity contribution >= 4 is 17.3 Å². The molecule has 2 aromatic carbocycles. The third kappa shape index (κ3) is 2.95. The summed E-state index contributed by atoms with van der Waals surface area (Å²) in [5, 5.41) is 12.3. The van der Waals surface area contributed by atoms with Crippen molar-refractivity contribution in [3.8, 4) is 11.5 Å². The maximum absolute atomic E-state index is 12.0. The molecule has 0 aliphatic carbocycles. The van der Waals surface area contributed by atoms with Gasteiger partial charge in [0.25, 0.3) is 5.91 Å². The first kappa shape index (κ1) is 12.8. The van der Waals surface area contributed by atoms with E-state index in [9.17, 15) is 9.90 Å². The maximum Gasteiger partial charge on any atom is 0.255 e. The Hall–Kier alpha value is -2.69. The van der Waals surface area contributed by atoms with Crippen LogP contribution < -0.4 is 15.8 Å². The highest BCUT2D eigenvalue weighted by molar-refractivity contribution is 6.04. The predicted octanol–water partition coefficient (Wildman–Crippen LogP) is 2.24. The molecule has 4 N–H and O–H groups in total. The third-order valence-corrected chi connectivity index (χ3v) is 2.59. The zero-order chi connectivity index (χ0) is 13.8. The average Bonchev–Trinajstić information content (AvgIpc) is 2.39. The molecule has 0 spiro atoms. The molecular weight excluding hydrogens is 244 g/mol. The number of nitrogens with two attached hydrogens (primary N) is 1. The second kappa shape index (κ2) is 5.30. The first-order chi connectivity index (χ1) is 9.10. The van der Waals surface area contributed by atoms with Crippen molar-refractivity contribution in [3.63, 3.8) is 0 Å². The number of carbonyl (C=O) groups is 1. The van der Waals surface area contributed by atoms with E-state index in [-0.39, 0.29) is 11.7 Å². The van der Waals surface area contributed by atoms with E-state index in [1.54, 1.807) is 36.4 Å². The van der Waals surface area contributed by atoms with Gasteiger partial charge in [-0.15, -0.1) is 0 Å². The molecule has 1 amide bonds. The predicted molar refractivity (Wildman–Crippen MR) is 73.5 cm³/mol. The molecule has 0 aliphatic heterocycles. The van der Waals surface area contributed by atoms with Gasteiger partial charge < -0.3 is 20.9 Å². The lowest BCUT2D eigenvalue weighted by Gasteiger charge is -2.08. The second-order valence-electron chi connectivity index (χ2n) is 3.97. The molecule has 0 bridgehead atoms. The number of anilines is 2. The highest BCUT2D eigenvalue weighted by Gasteiger charge is 2.08. The van der Waals surface area contributed by atoms with Crippen LogP contribution in [0.25, 0.3) is 0 Å². The molecule has 0 fully saturated rings. The van der Waals surface area contributed by atoms with E-state index >= 15 is 0 Å². The summed E-state index contributed by atoms with van der Waals surface area (Å²) in [7, 11) is 1.46. The Kier molecular flexibility index (Phi) is 3.56. The molecular formula is C14H14N2O3.